The zero-order valence-corrected chi connectivity index (χ0v) is 15.5. The van der Waals surface area contributed by atoms with E-state index in [1.54, 1.807) is 24.1 Å². The summed E-state index contributed by atoms with van der Waals surface area (Å²) in [4.78, 5) is 35.8. The van der Waals surface area contributed by atoms with E-state index in [0.29, 0.717) is 23.3 Å². The molecule has 1 aliphatic heterocycles. The number of aromatic amines is 1. The summed E-state index contributed by atoms with van der Waals surface area (Å²) in [5, 5.41) is 0. The molecule has 2 amide bonds. The second-order valence-corrected chi connectivity index (χ2v) is 6.73. The molecule has 0 aliphatic carbocycles. The van der Waals surface area contributed by atoms with E-state index in [0.717, 1.165) is 5.69 Å². The highest BCUT2D eigenvalue weighted by atomic mass is 19.1. The molecule has 0 unspecified atom stereocenters. The van der Waals surface area contributed by atoms with Gasteiger partial charge < -0.3 is 19.5 Å². The lowest BCUT2D eigenvalue weighted by molar-refractivity contribution is -0.121. The van der Waals surface area contributed by atoms with E-state index in [1.807, 2.05) is 19.1 Å². The summed E-state index contributed by atoms with van der Waals surface area (Å²) in [6, 6.07) is 11.1. The summed E-state index contributed by atoms with van der Waals surface area (Å²) in [6.45, 7) is 2.19. The summed E-state index contributed by atoms with van der Waals surface area (Å²) in [6.07, 6.45) is 0. The predicted octanol–water partition coefficient (Wildman–Crippen LogP) is 2.59. The number of nitrogens with one attached hydrogen (secondary N) is 1. The fraction of sp³-hybridized carbons (Fsp3) is 0.250. The molecule has 1 N–H and O–H groups in total. The van der Waals surface area contributed by atoms with Crippen LogP contribution >= 0.6 is 0 Å². The number of carbonyl (C=O) groups is 2. The average molecular weight is 382 g/mol. The molecule has 0 radical (unpaired) electrons. The van der Waals surface area contributed by atoms with Gasteiger partial charge in [0.2, 0.25) is 5.91 Å². The smallest absolute Gasteiger partial charge is 0.290 e. The fourth-order valence-corrected chi connectivity index (χ4v) is 3.35. The molecule has 7 nitrogen and oxygen atoms in total. The number of imidazole rings is 1. The Kier molecular flexibility index (Phi) is 4.46. The zero-order valence-electron chi connectivity index (χ0n) is 15.5. The van der Waals surface area contributed by atoms with Crippen LogP contribution in [0.1, 0.15) is 17.5 Å². The number of ether oxygens (including phenoxy) is 1. The van der Waals surface area contributed by atoms with Gasteiger partial charge in [-0.15, -0.1) is 0 Å². The Hall–Kier alpha value is -3.42. The van der Waals surface area contributed by atoms with Gasteiger partial charge in [-0.25, -0.2) is 9.37 Å². The van der Waals surface area contributed by atoms with Gasteiger partial charge in [-0.05, 0) is 49.4 Å². The van der Waals surface area contributed by atoms with Crippen molar-refractivity contribution in [2.75, 3.05) is 25.1 Å². The first-order valence-corrected chi connectivity index (χ1v) is 8.87. The van der Waals surface area contributed by atoms with Crippen molar-refractivity contribution >= 4 is 28.5 Å². The summed E-state index contributed by atoms with van der Waals surface area (Å²) < 4.78 is 18.5. The third-order valence-corrected chi connectivity index (χ3v) is 4.88. The van der Waals surface area contributed by atoms with Crippen molar-refractivity contribution in [1.82, 2.24) is 14.9 Å². The van der Waals surface area contributed by atoms with Crippen molar-refractivity contribution in [1.29, 1.82) is 0 Å². The number of carbonyl (C=O) groups excluding carboxylic acids is 2. The molecule has 4 rings (SSSR count). The Morgan fingerprint density at radius 1 is 1.25 bits per heavy atom. The summed E-state index contributed by atoms with van der Waals surface area (Å²) >= 11 is 0. The highest BCUT2D eigenvalue weighted by Gasteiger charge is 2.34. The lowest BCUT2D eigenvalue weighted by atomic mass is 10.1. The SMILES string of the molecule is COc1ccc(N2C[C@H](C)N(C(=O)c3nc4ccc(F)cc4[nH]3)CC2=O)cc1. The molecule has 28 heavy (non-hydrogen) atoms. The maximum absolute atomic E-state index is 13.4. The maximum Gasteiger partial charge on any atom is 0.290 e. The number of hydrogen-bond donors (Lipinski definition) is 1. The normalized spacial score (nSPS) is 17.2. The third kappa shape index (κ3) is 3.17. The molecule has 1 aromatic heterocycles. The van der Waals surface area contributed by atoms with Crippen LogP contribution in [0.4, 0.5) is 10.1 Å². The number of piperazine rings is 1. The summed E-state index contributed by atoms with van der Waals surface area (Å²) in [5.74, 6) is -0.171. The van der Waals surface area contributed by atoms with Gasteiger partial charge in [0, 0.05) is 18.3 Å². The number of methoxy groups -OCH3 is 1. The van der Waals surface area contributed by atoms with Crippen LogP contribution < -0.4 is 9.64 Å². The van der Waals surface area contributed by atoms with Gasteiger partial charge in [0.05, 0.1) is 18.1 Å². The minimum absolute atomic E-state index is 0.0581. The molecule has 1 atom stereocenters. The van der Waals surface area contributed by atoms with Crippen LogP contribution in [0, 0.1) is 5.82 Å². The standard InChI is InChI=1S/C20H19FN4O3/c1-12-10-25(14-4-6-15(28-2)7-5-14)18(26)11-24(12)20(27)19-22-16-8-3-13(21)9-17(16)23-19/h3-9,12H,10-11H2,1-2H3,(H,22,23)/t12-/m0/s1. The molecule has 0 saturated carbocycles. The molecule has 8 heteroatoms. The van der Waals surface area contributed by atoms with Crippen LogP contribution in [0.25, 0.3) is 11.0 Å². The number of benzene rings is 2. The summed E-state index contributed by atoms with van der Waals surface area (Å²) in [5.41, 5.74) is 1.70. The molecule has 144 valence electrons. The zero-order chi connectivity index (χ0) is 19.8. The van der Waals surface area contributed by atoms with Gasteiger partial charge >= 0.3 is 0 Å². The Balaban J connectivity index is 1.54. The number of anilines is 1. The Bertz CT molecular complexity index is 1050. The van der Waals surface area contributed by atoms with Gasteiger partial charge in [-0.1, -0.05) is 0 Å². The van der Waals surface area contributed by atoms with Crippen molar-refractivity contribution in [3.63, 3.8) is 0 Å². The largest absolute Gasteiger partial charge is 0.497 e. The first-order chi connectivity index (χ1) is 13.5. The molecule has 0 spiro atoms. The van der Waals surface area contributed by atoms with Crippen LogP contribution in [0.15, 0.2) is 42.5 Å². The molecular weight excluding hydrogens is 363 g/mol. The second kappa shape index (κ2) is 6.95. The number of H-pyrrole nitrogens is 1. The maximum atomic E-state index is 13.4. The van der Waals surface area contributed by atoms with Gasteiger partial charge in [-0.3, -0.25) is 9.59 Å². The fourth-order valence-electron chi connectivity index (χ4n) is 3.35. The van der Waals surface area contributed by atoms with Crippen LogP contribution in [-0.4, -0.2) is 52.9 Å². The molecule has 2 aromatic carbocycles. The van der Waals surface area contributed by atoms with Crippen LogP contribution in [0.2, 0.25) is 0 Å². The van der Waals surface area contributed by atoms with Crippen LogP contribution in [0.5, 0.6) is 5.75 Å². The van der Waals surface area contributed by atoms with E-state index in [2.05, 4.69) is 9.97 Å². The summed E-state index contributed by atoms with van der Waals surface area (Å²) in [7, 11) is 1.58. The van der Waals surface area contributed by atoms with Crippen molar-refractivity contribution < 1.29 is 18.7 Å². The lowest BCUT2D eigenvalue weighted by Gasteiger charge is -2.39. The van der Waals surface area contributed by atoms with E-state index < -0.39 is 5.82 Å². The van der Waals surface area contributed by atoms with Crippen molar-refractivity contribution in [2.24, 2.45) is 0 Å². The Morgan fingerprint density at radius 3 is 2.71 bits per heavy atom. The number of rotatable bonds is 3. The number of hydrogen-bond acceptors (Lipinski definition) is 4. The Labute approximate surface area is 160 Å². The lowest BCUT2D eigenvalue weighted by Crippen LogP contribution is -2.57. The van der Waals surface area contributed by atoms with Gasteiger partial charge in [0.15, 0.2) is 5.82 Å². The van der Waals surface area contributed by atoms with Crippen molar-refractivity contribution in [3.8, 4) is 5.75 Å². The first kappa shape index (κ1) is 18.0. The molecule has 0 bridgehead atoms. The van der Waals surface area contributed by atoms with Crippen molar-refractivity contribution in [3.05, 3.63) is 54.1 Å². The molecule has 1 fully saturated rings. The molecule has 1 aliphatic rings. The minimum Gasteiger partial charge on any atom is -0.497 e. The molecular formula is C20H19FN4O3. The predicted molar refractivity (Wildman–Crippen MR) is 102 cm³/mol. The topological polar surface area (TPSA) is 78.5 Å². The quantitative estimate of drug-likeness (QED) is 0.755. The second-order valence-electron chi connectivity index (χ2n) is 6.73. The highest BCUT2D eigenvalue weighted by Crippen LogP contribution is 2.24. The number of amides is 2. The van der Waals surface area contributed by atoms with Crippen LogP contribution in [-0.2, 0) is 4.79 Å². The number of fused-ring (bicyclic) bond motifs is 1. The minimum atomic E-state index is -0.410. The highest BCUT2D eigenvalue weighted by molar-refractivity contribution is 6.01. The van der Waals surface area contributed by atoms with Crippen molar-refractivity contribution in [2.45, 2.75) is 13.0 Å². The van der Waals surface area contributed by atoms with E-state index in [-0.39, 0.29) is 30.2 Å². The van der Waals surface area contributed by atoms with E-state index in [9.17, 15) is 14.0 Å². The molecule has 3 aromatic rings. The number of nitrogens with zero attached hydrogens (tertiary/aromatic N) is 3. The molecule has 1 saturated heterocycles. The molecule has 2 heterocycles. The van der Waals surface area contributed by atoms with Crippen LogP contribution in [0.3, 0.4) is 0 Å². The average Bonchev–Trinajstić information content (AvgIpc) is 3.12. The Morgan fingerprint density at radius 2 is 2.00 bits per heavy atom. The third-order valence-electron chi connectivity index (χ3n) is 4.88. The van der Waals surface area contributed by atoms with E-state index in [1.165, 1.54) is 23.1 Å². The van der Waals surface area contributed by atoms with Gasteiger partial charge in [0.1, 0.15) is 18.1 Å². The number of halogens is 1. The van der Waals surface area contributed by atoms with Gasteiger partial charge in [-0.2, -0.15) is 0 Å². The van der Waals surface area contributed by atoms with Gasteiger partial charge in [0.25, 0.3) is 5.91 Å². The monoisotopic (exact) mass is 382 g/mol. The first-order valence-electron chi connectivity index (χ1n) is 8.87. The number of aromatic nitrogens is 2. The van der Waals surface area contributed by atoms with E-state index >= 15 is 0 Å². The van der Waals surface area contributed by atoms with E-state index in [4.69, 9.17) is 4.74 Å².